The molecule has 100 valence electrons. The van der Waals surface area contributed by atoms with Crippen molar-refractivity contribution in [2.24, 2.45) is 0 Å². The van der Waals surface area contributed by atoms with E-state index in [-0.39, 0.29) is 5.92 Å². The number of rotatable bonds is 3. The molecule has 0 saturated heterocycles. The molecule has 0 unspecified atom stereocenters. The smallest absolute Gasteiger partial charge is 0.227 e. The van der Waals surface area contributed by atoms with Crippen LogP contribution in [0.1, 0.15) is 25.3 Å². The zero-order valence-corrected chi connectivity index (χ0v) is 13.7. The Morgan fingerprint density at radius 2 is 1.95 bits per heavy atom. The van der Waals surface area contributed by atoms with Crippen LogP contribution in [0.2, 0.25) is 0 Å². The lowest BCUT2D eigenvalue weighted by Gasteiger charge is -2.14. The molecule has 1 aromatic carbocycles. The Labute approximate surface area is 128 Å². The lowest BCUT2D eigenvalue weighted by Crippen LogP contribution is -2.04. The van der Waals surface area contributed by atoms with Crippen LogP contribution in [0, 0.1) is 0 Å². The number of benzene rings is 1. The number of hydrogen-bond donors (Lipinski definition) is 1. The van der Waals surface area contributed by atoms with Gasteiger partial charge in [-0.1, -0.05) is 29.8 Å². The second-order valence-corrected chi connectivity index (χ2v) is 6.08. The summed E-state index contributed by atoms with van der Waals surface area (Å²) in [5.74, 6) is 1.81. The first-order valence-corrected chi connectivity index (χ1v) is 7.31. The number of nitrogens with zero attached hydrogens (tertiary/aromatic N) is 2. The Bertz CT molecular complexity index is 602. The quantitative estimate of drug-likeness (QED) is 0.843. The molecule has 19 heavy (non-hydrogen) atoms. The van der Waals surface area contributed by atoms with Crippen molar-refractivity contribution in [2.45, 2.75) is 19.8 Å². The molecule has 0 bridgehead atoms. The van der Waals surface area contributed by atoms with Gasteiger partial charge in [-0.3, -0.25) is 0 Å². The summed E-state index contributed by atoms with van der Waals surface area (Å²) < 4.78 is 7.65. The minimum Gasteiger partial charge on any atom is -0.437 e. The predicted molar refractivity (Wildman–Crippen MR) is 82.4 cm³/mol. The van der Waals surface area contributed by atoms with E-state index >= 15 is 0 Å². The van der Waals surface area contributed by atoms with E-state index in [1.165, 1.54) is 6.33 Å². The molecule has 2 rings (SSSR count). The summed E-state index contributed by atoms with van der Waals surface area (Å²) in [6, 6.07) is 5.67. The van der Waals surface area contributed by atoms with E-state index in [0.717, 1.165) is 14.5 Å². The molecule has 0 radical (unpaired) electrons. The maximum Gasteiger partial charge on any atom is 0.227 e. The van der Waals surface area contributed by atoms with Crippen molar-refractivity contribution < 1.29 is 4.74 Å². The number of nitrogens with two attached hydrogens (primary N) is 1. The van der Waals surface area contributed by atoms with Gasteiger partial charge in [0, 0.05) is 4.47 Å². The van der Waals surface area contributed by atoms with E-state index in [2.05, 4.69) is 41.8 Å². The molecule has 0 fully saturated rings. The fourth-order valence-electron chi connectivity index (χ4n) is 1.68. The number of ether oxygens (including phenoxy) is 1. The monoisotopic (exact) mass is 385 g/mol. The zero-order valence-electron chi connectivity index (χ0n) is 10.5. The molecule has 1 aromatic heterocycles. The van der Waals surface area contributed by atoms with E-state index in [4.69, 9.17) is 10.5 Å². The van der Waals surface area contributed by atoms with Crippen LogP contribution >= 0.6 is 31.9 Å². The Morgan fingerprint density at radius 1 is 1.21 bits per heavy atom. The fourth-order valence-corrected chi connectivity index (χ4v) is 2.81. The van der Waals surface area contributed by atoms with E-state index in [1.807, 2.05) is 32.0 Å². The van der Waals surface area contributed by atoms with Gasteiger partial charge in [0.25, 0.3) is 0 Å². The summed E-state index contributed by atoms with van der Waals surface area (Å²) >= 11 is 6.85. The van der Waals surface area contributed by atoms with Crippen molar-refractivity contribution in [3.63, 3.8) is 0 Å². The van der Waals surface area contributed by atoms with Gasteiger partial charge in [-0.2, -0.15) is 0 Å². The van der Waals surface area contributed by atoms with Crippen molar-refractivity contribution >= 4 is 37.7 Å². The number of hydrogen-bond acceptors (Lipinski definition) is 4. The summed E-state index contributed by atoms with van der Waals surface area (Å²) in [6.45, 7) is 4.05. The molecule has 4 nitrogen and oxygen atoms in total. The first-order valence-electron chi connectivity index (χ1n) is 5.72. The molecule has 0 aliphatic carbocycles. The lowest BCUT2D eigenvalue weighted by atomic mass is 10.1. The van der Waals surface area contributed by atoms with Crippen molar-refractivity contribution in [3.8, 4) is 11.6 Å². The van der Waals surface area contributed by atoms with Crippen LogP contribution in [0.15, 0.2) is 33.5 Å². The Morgan fingerprint density at radius 3 is 2.58 bits per heavy atom. The molecule has 0 aliphatic heterocycles. The average Bonchev–Trinajstić information content (AvgIpc) is 2.32. The van der Waals surface area contributed by atoms with Crippen LogP contribution in [0.4, 0.5) is 5.82 Å². The standard InChI is InChI=1S/C13H13Br2N3O/c1-7(2)11-12(16)17-6-18-13(11)19-10-4-3-8(14)5-9(10)15/h3-7H,1-2H3,(H2,16,17,18). The lowest BCUT2D eigenvalue weighted by molar-refractivity contribution is 0.449. The number of aromatic nitrogens is 2. The highest BCUT2D eigenvalue weighted by Crippen LogP contribution is 2.35. The minimum absolute atomic E-state index is 0.186. The molecule has 0 atom stereocenters. The summed E-state index contributed by atoms with van der Waals surface area (Å²) in [5.41, 5.74) is 6.70. The van der Waals surface area contributed by atoms with E-state index < -0.39 is 0 Å². The topological polar surface area (TPSA) is 61.0 Å². The molecule has 6 heteroatoms. The third-order valence-corrected chi connectivity index (χ3v) is 3.67. The predicted octanol–water partition coefficient (Wildman–Crippen LogP) is 4.50. The summed E-state index contributed by atoms with van der Waals surface area (Å²) in [6.07, 6.45) is 1.41. The van der Waals surface area contributed by atoms with Gasteiger partial charge in [0.15, 0.2) is 0 Å². The highest BCUT2D eigenvalue weighted by molar-refractivity contribution is 9.11. The van der Waals surface area contributed by atoms with Gasteiger partial charge in [-0.25, -0.2) is 9.97 Å². The second-order valence-electron chi connectivity index (χ2n) is 4.31. The maximum absolute atomic E-state index is 5.89. The summed E-state index contributed by atoms with van der Waals surface area (Å²) in [7, 11) is 0. The normalized spacial score (nSPS) is 10.8. The fraction of sp³-hybridized carbons (Fsp3) is 0.231. The van der Waals surface area contributed by atoms with Crippen LogP contribution in [0.3, 0.4) is 0 Å². The van der Waals surface area contributed by atoms with Gasteiger partial charge in [-0.05, 0) is 40.0 Å². The SMILES string of the molecule is CC(C)c1c(N)ncnc1Oc1ccc(Br)cc1Br. The van der Waals surface area contributed by atoms with Crippen LogP contribution in [-0.4, -0.2) is 9.97 Å². The summed E-state index contributed by atoms with van der Waals surface area (Å²) in [4.78, 5) is 8.18. The van der Waals surface area contributed by atoms with Gasteiger partial charge >= 0.3 is 0 Å². The Balaban J connectivity index is 2.41. The van der Waals surface area contributed by atoms with E-state index in [1.54, 1.807) is 0 Å². The molecular weight excluding hydrogens is 374 g/mol. The van der Waals surface area contributed by atoms with E-state index in [9.17, 15) is 0 Å². The van der Waals surface area contributed by atoms with Gasteiger partial charge in [0.2, 0.25) is 5.88 Å². The maximum atomic E-state index is 5.89. The number of nitrogen functional groups attached to an aromatic ring is 1. The average molecular weight is 387 g/mol. The molecule has 0 spiro atoms. The van der Waals surface area contributed by atoms with Gasteiger partial charge in [-0.15, -0.1) is 0 Å². The third-order valence-electron chi connectivity index (χ3n) is 2.56. The first-order chi connectivity index (χ1) is 8.99. The van der Waals surface area contributed by atoms with Gasteiger partial charge in [0.05, 0.1) is 10.0 Å². The Hall–Kier alpha value is -1.14. The molecule has 0 saturated carbocycles. The van der Waals surface area contributed by atoms with Crippen LogP contribution < -0.4 is 10.5 Å². The van der Waals surface area contributed by atoms with Crippen molar-refractivity contribution in [3.05, 3.63) is 39.0 Å². The van der Waals surface area contributed by atoms with Gasteiger partial charge < -0.3 is 10.5 Å². The highest BCUT2D eigenvalue weighted by Gasteiger charge is 2.15. The molecule has 0 aliphatic rings. The van der Waals surface area contributed by atoms with Gasteiger partial charge in [0.1, 0.15) is 17.9 Å². The Kier molecular flexibility index (Phi) is 4.42. The zero-order chi connectivity index (χ0) is 14.0. The van der Waals surface area contributed by atoms with Crippen LogP contribution in [0.5, 0.6) is 11.6 Å². The molecule has 0 amide bonds. The first kappa shape index (κ1) is 14.3. The number of anilines is 1. The summed E-state index contributed by atoms with van der Waals surface area (Å²) in [5, 5.41) is 0. The largest absolute Gasteiger partial charge is 0.437 e. The minimum atomic E-state index is 0.186. The second kappa shape index (κ2) is 5.88. The van der Waals surface area contributed by atoms with E-state index in [0.29, 0.717) is 17.4 Å². The molecule has 1 heterocycles. The van der Waals surface area contributed by atoms with Crippen molar-refractivity contribution in [2.75, 3.05) is 5.73 Å². The van der Waals surface area contributed by atoms with Crippen molar-refractivity contribution in [1.82, 2.24) is 9.97 Å². The third kappa shape index (κ3) is 3.25. The molecule has 2 aromatic rings. The number of halogens is 2. The molecular formula is C13H13Br2N3O. The molecule has 2 N–H and O–H groups in total. The van der Waals surface area contributed by atoms with Crippen LogP contribution in [0.25, 0.3) is 0 Å². The van der Waals surface area contributed by atoms with Crippen LogP contribution in [-0.2, 0) is 0 Å². The highest BCUT2D eigenvalue weighted by atomic mass is 79.9. The van der Waals surface area contributed by atoms with Crippen molar-refractivity contribution in [1.29, 1.82) is 0 Å².